The molecule has 1 aromatic rings. The Labute approximate surface area is 149 Å². The summed E-state index contributed by atoms with van der Waals surface area (Å²) in [5.41, 5.74) is 0.361. The highest BCUT2D eigenvalue weighted by Gasteiger charge is 2.31. The van der Waals surface area contributed by atoms with Crippen LogP contribution in [0, 0.1) is 0 Å². The van der Waals surface area contributed by atoms with Crippen LogP contribution in [0.4, 0.5) is 0 Å². The van der Waals surface area contributed by atoms with Gasteiger partial charge in [0, 0.05) is 38.8 Å². The summed E-state index contributed by atoms with van der Waals surface area (Å²) in [6, 6.07) is 6.49. The number of sulfonamides is 1. The Balaban J connectivity index is 1.64. The minimum atomic E-state index is -3.52. The molecule has 25 heavy (non-hydrogen) atoms. The monoisotopic (exact) mass is 367 g/mol. The van der Waals surface area contributed by atoms with E-state index in [9.17, 15) is 13.2 Å². The number of hydrogen-bond acceptors (Lipinski definition) is 6. The van der Waals surface area contributed by atoms with Gasteiger partial charge in [-0.1, -0.05) is 0 Å². The molecule has 1 N–H and O–H groups in total. The number of piperazine rings is 1. The number of benzene rings is 1. The molecule has 0 amide bonds. The van der Waals surface area contributed by atoms with Crippen molar-refractivity contribution in [2.75, 3.05) is 45.9 Å². The molecule has 2 fully saturated rings. The Morgan fingerprint density at radius 3 is 2.44 bits per heavy atom. The van der Waals surface area contributed by atoms with Crippen LogP contribution in [0.2, 0.25) is 0 Å². The van der Waals surface area contributed by atoms with Gasteiger partial charge in [-0.3, -0.25) is 4.90 Å². The molecule has 8 heteroatoms. The van der Waals surface area contributed by atoms with Crippen molar-refractivity contribution in [1.82, 2.24) is 14.5 Å². The Bertz CT molecular complexity index is 691. The number of hydrogen-bond donors (Lipinski definition) is 1. The lowest BCUT2D eigenvalue weighted by molar-refractivity contribution is 0.0526. The Hall–Kier alpha value is -1.48. The summed E-state index contributed by atoms with van der Waals surface area (Å²) in [4.78, 5) is 14.3. The Morgan fingerprint density at radius 1 is 1.20 bits per heavy atom. The minimum absolute atomic E-state index is 0.219. The third-order valence-electron chi connectivity index (χ3n) is 4.83. The third kappa shape index (κ3) is 4.03. The van der Waals surface area contributed by atoms with Crippen molar-refractivity contribution in [1.29, 1.82) is 0 Å². The quantitative estimate of drug-likeness (QED) is 0.765. The average Bonchev–Trinajstić information content (AvgIpc) is 3.17. The fourth-order valence-corrected chi connectivity index (χ4v) is 4.81. The van der Waals surface area contributed by atoms with Crippen molar-refractivity contribution < 1.29 is 17.9 Å². The zero-order valence-corrected chi connectivity index (χ0v) is 15.3. The number of nitrogens with zero attached hydrogens (tertiary/aromatic N) is 2. The molecular formula is C17H25N3O4S. The highest BCUT2D eigenvalue weighted by Crippen LogP contribution is 2.20. The average molecular weight is 367 g/mol. The third-order valence-corrected chi connectivity index (χ3v) is 6.74. The van der Waals surface area contributed by atoms with Gasteiger partial charge in [0.1, 0.15) is 0 Å². The molecule has 2 heterocycles. The van der Waals surface area contributed by atoms with Gasteiger partial charge in [-0.15, -0.1) is 0 Å². The van der Waals surface area contributed by atoms with Gasteiger partial charge in [-0.2, -0.15) is 4.31 Å². The number of rotatable bonds is 5. The number of nitrogens with one attached hydrogen (secondary N) is 1. The van der Waals surface area contributed by atoms with Crippen molar-refractivity contribution in [3.8, 4) is 0 Å². The van der Waals surface area contributed by atoms with E-state index in [1.54, 1.807) is 6.92 Å². The molecule has 2 saturated heterocycles. The van der Waals surface area contributed by atoms with Gasteiger partial charge in [-0.25, -0.2) is 13.2 Å². The second-order valence-corrected chi connectivity index (χ2v) is 8.27. The summed E-state index contributed by atoms with van der Waals surface area (Å²) < 4.78 is 32.1. The molecule has 1 atom stereocenters. The molecule has 0 saturated carbocycles. The van der Waals surface area contributed by atoms with Crippen LogP contribution in [-0.2, 0) is 14.8 Å². The number of carbonyl (C=O) groups is 1. The van der Waals surface area contributed by atoms with Crippen LogP contribution in [0.15, 0.2) is 29.2 Å². The summed E-state index contributed by atoms with van der Waals surface area (Å²) in [5.74, 6) is -0.440. The smallest absolute Gasteiger partial charge is 0.338 e. The van der Waals surface area contributed by atoms with E-state index in [2.05, 4.69) is 10.2 Å². The van der Waals surface area contributed by atoms with E-state index in [0.717, 1.165) is 32.6 Å². The SMILES string of the molecule is CCOC(=O)c1ccc(S(=O)(=O)N2CCN(C3CCNC3)CC2)cc1. The topological polar surface area (TPSA) is 79.0 Å². The molecule has 2 aliphatic heterocycles. The van der Waals surface area contributed by atoms with Crippen molar-refractivity contribution in [3.63, 3.8) is 0 Å². The fraction of sp³-hybridized carbons (Fsp3) is 0.588. The molecule has 1 aromatic carbocycles. The first-order valence-electron chi connectivity index (χ1n) is 8.74. The fourth-order valence-electron chi connectivity index (χ4n) is 3.39. The molecule has 1 unspecified atom stereocenters. The highest BCUT2D eigenvalue weighted by atomic mass is 32.2. The van der Waals surface area contributed by atoms with Gasteiger partial charge in [0.25, 0.3) is 0 Å². The summed E-state index contributed by atoms with van der Waals surface area (Å²) in [7, 11) is -3.52. The largest absolute Gasteiger partial charge is 0.462 e. The van der Waals surface area contributed by atoms with Gasteiger partial charge in [0.05, 0.1) is 17.1 Å². The number of carbonyl (C=O) groups excluding carboxylic acids is 1. The van der Waals surface area contributed by atoms with Crippen LogP contribution in [0.1, 0.15) is 23.7 Å². The molecule has 0 bridgehead atoms. The summed E-state index contributed by atoms with van der Waals surface area (Å²) in [5, 5.41) is 3.35. The van der Waals surface area contributed by atoms with E-state index in [1.165, 1.54) is 28.6 Å². The van der Waals surface area contributed by atoms with Crippen molar-refractivity contribution in [2.24, 2.45) is 0 Å². The van der Waals surface area contributed by atoms with E-state index >= 15 is 0 Å². The summed E-state index contributed by atoms with van der Waals surface area (Å²) >= 11 is 0. The van der Waals surface area contributed by atoms with Crippen molar-refractivity contribution in [3.05, 3.63) is 29.8 Å². The van der Waals surface area contributed by atoms with E-state index in [4.69, 9.17) is 4.74 Å². The molecular weight excluding hydrogens is 342 g/mol. The second-order valence-electron chi connectivity index (χ2n) is 6.33. The molecule has 138 valence electrons. The Morgan fingerprint density at radius 2 is 1.88 bits per heavy atom. The van der Waals surface area contributed by atoms with Gasteiger partial charge in [0.15, 0.2) is 0 Å². The Kier molecular flexibility index (Phi) is 5.73. The maximum atomic E-state index is 12.8. The van der Waals surface area contributed by atoms with E-state index < -0.39 is 16.0 Å². The second kappa shape index (κ2) is 7.82. The summed E-state index contributed by atoms with van der Waals surface area (Å²) in [6.07, 6.45) is 1.13. The molecule has 0 aliphatic carbocycles. The van der Waals surface area contributed by atoms with E-state index in [1.807, 2.05) is 0 Å². The van der Waals surface area contributed by atoms with Crippen LogP contribution in [-0.4, -0.2) is 75.5 Å². The molecule has 3 rings (SSSR count). The zero-order valence-electron chi connectivity index (χ0n) is 14.5. The number of esters is 1. The van der Waals surface area contributed by atoms with Gasteiger partial charge >= 0.3 is 5.97 Å². The van der Waals surface area contributed by atoms with E-state index in [0.29, 0.717) is 31.3 Å². The van der Waals surface area contributed by atoms with Crippen LogP contribution in [0.3, 0.4) is 0 Å². The standard InChI is InChI=1S/C17H25N3O4S/c1-2-24-17(21)14-3-5-16(6-4-14)25(22,23)20-11-9-19(10-12-20)15-7-8-18-13-15/h3-6,15,18H,2,7-13H2,1H3. The first kappa shape index (κ1) is 18.3. The first-order valence-corrected chi connectivity index (χ1v) is 10.2. The molecule has 0 radical (unpaired) electrons. The molecule has 0 spiro atoms. The molecule has 2 aliphatic rings. The zero-order chi connectivity index (χ0) is 17.9. The maximum absolute atomic E-state index is 12.8. The van der Waals surface area contributed by atoms with Crippen LogP contribution in [0.25, 0.3) is 0 Å². The normalized spacial score (nSPS) is 22.8. The summed E-state index contributed by atoms with van der Waals surface area (Å²) in [6.45, 7) is 6.56. The maximum Gasteiger partial charge on any atom is 0.338 e. The number of ether oxygens (including phenoxy) is 1. The highest BCUT2D eigenvalue weighted by molar-refractivity contribution is 7.89. The van der Waals surface area contributed by atoms with Crippen LogP contribution < -0.4 is 5.32 Å². The molecule has 0 aromatic heterocycles. The lowest BCUT2D eigenvalue weighted by Crippen LogP contribution is -2.52. The lowest BCUT2D eigenvalue weighted by Gasteiger charge is -2.37. The predicted molar refractivity (Wildman–Crippen MR) is 94.0 cm³/mol. The lowest BCUT2D eigenvalue weighted by atomic mass is 10.2. The van der Waals surface area contributed by atoms with Crippen LogP contribution in [0.5, 0.6) is 0 Å². The predicted octanol–water partition coefficient (Wildman–Crippen LogP) is 0.532. The van der Waals surface area contributed by atoms with Gasteiger partial charge in [-0.05, 0) is 44.2 Å². The minimum Gasteiger partial charge on any atom is -0.462 e. The van der Waals surface area contributed by atoms with Crippen LogP contribution >= 0.6 is 0 Å². The van der Waals surface area contributed by atoms with E-state index in [-0.39, 0.29) is 4.90 Å². The van der Waals surface area contributed by atoms with Crippen molar-refractivity contribution in [2.45, 2.75) is 24.3 Å². The van der Waals surface area contributed by atoms with Gasteiger partial charge < -0.3 is 10.1 Å². The van der Waals surface area contributed by atoms with Crippen molar-refractivity contribution >= 4 is 16.0 Å². The molecule has 7 nitrogen and oxygen atoms in total. The van der Waals surface area contributed by atoms with Gasteiger partial charge in [0.2, 0.25) is 10.0 Å². The first-order chi connectivity index (χ1) is 12.0.